The first-order valence-electron chi connectivity index (χ1n) is 6.60. The number of hydrogen-bond acceptors (Lipinski definition) is 3. The zero-order chi connectivity index (χ0) is 14.9. The van der Waals surface area contributed by atoms with E-state index in [0.29, 0.717) is 0 Å². The van der Waals surface area contributed by atoms with Crippen LogP contribution in [0.15, 0.2) is 30.3 Å². The van der Waals surface area contributed by atoms with Gasteiger partial charge < -0.3 is 0 Å². The molecule has 1 aliphatic rings. The maximum Gasteiger partial charge on any atom is 0.169 e. The second kappa shape index (κ2) is 5.49. The topological polar surface area (TPSA) is 51.2 Å². The Kier molecular flexibility index (Phi) is 4.09. The molecule has 2 atom stereocenters. The van der Waals surface area contributed by atoms with E-state index in [-0.39, 0.29) is 24.4 Å². The first kappa shape index (κ1) is 14.9. The molecule has 0 unspecified atom stereocenters. The highest BCUT2D eigenvalue weighted by atomic mass is 35.5. The molecule has 1 aliphatic carbocycles. The van der Waals surface area contributed by atoms with Gasteiger partial charge in [-0.15, -0.1) is 11.6 Å². The van der Waals surface area contributed by atoms with Gasteiger partial charge in [0.2, 0.25) is 0 Å². The summed E-state index contributed by atoms with van der Waals surface area (Å²) in [6.07, 6.45) is 0.255. The Hall–Kier alpha value is -1.48. The molecule has 0 amide bonds. The predicted molar refractivity (Wildman–Crippen MR) is 76.7 cm³/mol. The molecular formula is C16H17ClO3. The zero-order valence-corrected chi connectivity index (χ0v) is 12.3. The Morgan fingerprint density at radius 2 is 1.85 bits per heavy atom. The van der Waals surface area contributed by atoms with E-state index in [4.69, 9.17) is 11.6 Å². The molecule has 0 aromatic heterocycles. The molecule has 1 fully saturated rings. The van der Waals surface area contributed by atoms with E-state index in [1.165, 1.54) is 0 Å². The van der Waals surface area contributed by atoms with Crippen molar-refractivity contribution in [1.82, 2.24) is 0 Å². The van der Waals surface area contributed by atoms with Crippen LogP contribution in [-0.4, -0.2) is 22.7 Å². The van der Waals surface area contributed by atoms with Gasteiger partial charge in [-0.3, -0.25) is 14.4 Å². The van der Waals surface area contributed by atoms with Gasteiger partial charge in [-0.1, -0.05) is 44.2 Å². The molecule has 0 heterocycles. The van der Waals surface area contributed by atoms with Gasteiger partial charge in [0.05, 0.1) is 5.38 Å². The van der Waals surface area contributed by atoms with Crippen molar-refractivity contribution in [2.75, 3.05) is 0 Å². The summed E-state index contributed by atoms with van der Waals surface area (Å²) in [6, 6.07) is 9.10. The van der Waals surface area contributed by atoms with Crippen LogP contribution >= 0.6 is 11.6 Å². The molecule has 4 heteroatoms. The molecule has 1 aromatic rings. The van der Waals surface area contributed by atoms with E-state index < -0.39 is 22.5 Å². The maximum absolute atomic E-state index is 12.2. The number of ketones is 3. The fourth-order valence-corrected chi connectivity index (χ4v) is 2.77. The van der Waals surface area contributed by atoms with Crippen molar-refractivity contribution < 1.29 is 14.4 Å². The van der Waals surface area contributed by atoms with Crippen LogP contribution in [0, 0.1) is 11.3 Å². The van der Waals surface area contributed by atoms with Crippen LogP contribution in [0.3, 0.4) is 0 Å². The first-order valence-corrected chi connectivity index (χ1v) is 7.04. The molecule has 1 saturated carbocycles. The van der Waals surface area contributed by atoms with Crippen molar-refractivity contribution >= 4 is 29.0 Å². The zero-order valence-electron chi connectivity index (χ0n) is 11.6. The summed E-state index contributed by atoms with van der Waals surface area (Å²) < 4.78 is 0. The van der Waals surface area contributed by atoms with Gasteiger partial charge in [0.15, 0.2) is 17.3 Å². The van der Waals surface area contributed by atoms with E-state index in [9.17, 15) is 14.4 Å². The summed E-state index contributed by atoms with van der Waals surface area (Å²) in [7, 11) is 0. The molecule has 0 aliphatic heterocycles. The molecule has 0 spiro atoms. The minimum absolute atomic E-state index is 0.0903. The van der Waals surface area contributed by atoms with Gasteiger partial charge in [-0.05, 0) is 11.0 Å². The molecule has 3 nitrogen and oxygen atoms in total. The highest BCUT2D eigenvalue weighted by Gasteiger charge is 2.49. The van der Waals surface area contributed by atoms with E-state index in [1.54, 1.807) is 26.0 Å². The second-order valence-electron chi connectivity index (χ2n) is 5.96. The van der Waals surface area contributed by atoms with Crippen molar-refractivity contribution in [1.29, 1.82) is 0 Å². The third kappa shape index (κ3) is 2.83. The SMILES string of the molecule is CC1(C)CC(=O)[C@H](C(=O)Cc2ccccc2)C(=O)[C@@H]1Cl. The van der Waals surface area contributed by atoms with E-state index in [0.717, 1.165) is 5.56 Å². The highest BCUT2D eigenvalue weighted by molar-refractivity contribution is 6.38. The Labute approximate surface area is 123 Å². The highest BCUT2D eigenvalue weighted by Crippen LogP contribution is 2.38. The Balaban J connectivity index is 2.18. The molecule has 0 bridgehead atoms. The lowest BCUT2D eigenvalue weighted by atomic mass is 9.69. The Bertz CT molecular complexity index is 548. The van der Waals surface area contributed by atoms with Gasteiger partial charge >= 0.3 is 0 Å². The van der Waals surface area contributed by atoms with Gasteiger partial charge in [0, 0.05) is 12.8 Å². The normalized spacial score (nSPS) is 25.6. The molecular weight excluding hydrogens is 276 g/mol. The van der Waals surface area contributed by atoms with Crippen LogP contribution < -0.4 is 0 Å². The molecule has 2 rings (SSSR count). The number of hydrogen-bond donors (Lipinski definition) is 0. The van der Waals surface area contributed by atoms with Crippen molar-refractivity contribution in [3.8, 4) is 0 Å². The van der Waals surface area contributed by atoms with Gasteiger partial charge in [-0.2, -0.15) is 0 Å². The third-order valence-corrected chi connectivity index (χ3v) is 4.52. The summed E-state index contributed by atoms with van der Waals surface area (Å²) >= 11 is 6.11. The number of benzene rings is 1. The fraction of sp³-hybridized carbons (Fsp3) is 0.438. The van der Waals surface area contributed by atoms with Crippen LogP contribution in [-0.2, 0) is 20.8 Å². The van der Waals surface area contributed by atoms with Crippen molar-refractivity contribution in [3.63, 3.8) is 0 Å². The number of carbonyl (C=O) groups excluding carboxylic acids is 3. The van der Waals surface area contributed by atoms with Crippen LogP contribution in [0.4, 0.5) is 0 Å². The third-order valence-electron chi connectivity index (χ3n) is 3.72. The van der Waals surface area contributed by atoms with Gasteiger partial charge in [-0.25, -0.2) is 0 Å². The lowest BCUT2D eigenvalue weighted by Gasteiger charge is -2.35. The fourth-order valence-electron chi connectivity index (χ4n) is 2.57. The van der Waals surface area contributed by atoms with Gasteiger partial charge in [0.1, 0.15) is 5.92 Å². The number of alkyl halides is 1. The lowest BCUT2D eigenvalue weighted by molar-refractivity contribution is -0.144. The van der Waals surface area contributed by atoms with Crippen molar-refractivity contribution in [2.45, 2.75) is 32.1 Å². The minimum Gasteiger partial charge on any atom is -0.298 e. The van der Waals surface area contributed by atoms with Crippen LogP contribution in [0.2, 0.25) is 0 Å². The number of rotatable bonds is 3. The Morgan fingerprint density at radius 1 is 1.25 bits per heavy atom. The van der Waals surface area contributed by atoms with E-state index in [1.807, 2.05) is 18.2 Å². The number of Topliss-reactive ketones (excluding diaryl/α,β-unsaturated/α-hetero) is 3. The summed E-state index contributed by atoms with van der Waals surface area (Å²) in [4.78, 5) is 36.6. The average Bonchev–Trinajstić information content (AvgIpc) is 2.37. The minimum atomic E-state index is -1.19. The average molecular weight is 293 g/mol. The molecule has 0 N–H and O–H groups in total. The van der Waals surface area contributed by atoms with Crippen molar-refractivity contribution in [2.24, 2.45) is 11.3 Å². The molecule has 0 radical (unpaired) electrons. The van der Waals surface area contributed by atoms with Gasteiger partial charge in [0.25, 0.3) is 0 Å². The molecule has 1 aromatic carbocycles. The summed E-state index contributed by atoms with van der Waals surface area (Å²) in [5, 5.41) is -0.787. The Morgan fingerprint density at radius 3 is 2.45 bits per heavy atom. The van der Waals surface area contributed by atoms with Crippen LogP contribution in [0.5, 0.6) is 0 Å². The monoisotopic (exact) mass is 292 g/mol. The van der Waals surface area contributed by atoms with Crippen molar-refractivity contribution in [3.05, 3.63) is 35.9 Å². The summed E-state index contributed by atoms with van der Waals surface area (Å²) in [6.45, 7) is 3.55. The van der Waals surface area contributed by atoms with E-state index in [2.05, 4.69) is 0 Å². The largest absolute Gasteiger partial charge is 0.298 e. The van der Waals surface area contributed by atoms with Crippen LogP contribution in [0.25, 0.3) is 0 Å². The standard InChI is InChI=1S/C16H17ClO3/c1-16(2)9-12(19)13(14(20)15(16)17)11(18)8-10-6-4-3-5-7-10/h3-7,13,15H,8-9H2,1-2H3/t13-,15-/m0/s1. The quantitative estimate of drug-likeness (QED) is 0.635. The molecule has 20 heavy (non-hydrogen) atoms. The van der Waals surface area contributed by atoms with Crippen LogP contribution in [0.1, 0.15) is 25.8 Å². The lowest BCUT2D eigenvalue weighted by Crippen LogP contribution is -2.49. The summed E-state index contributed by atoms with van der Waals surface area (Å²) in [5.41, 5.74) is 0.216. The number of carbonyl (C=O) groups is 3. The second-order valence-corrected chi connectivity index (χ2v) is 6.39. The number of halogens is 1. The van der Waals surface area contributed by atoms with E-state index >= 15 is 0 Å². The predicted octanol–water partition coefficient (Wildman–Crippen LogP) is 2.59. The molecule has 106 valence electrons. The summed E-state index contributed by atoms with van der Waals surface area (Å²) in [5.74, 6) is -2.30. The molecule has 0 saturated heterocycles. The maximum atomic E-state index is 12.2. The first-order chi connectivity index (χ1) is 9.33. The smallest absolute Gasteiger partial charge is 0.169 e.